The summed E-state index contributed by atoms with van der Waals surface area (Å²) in [6, 6.07) is 5.39. The summed E-state index contributed by atoms with van der Waals surface area (Å²) in [6.45, 7) is 5.20. The lowest BCUT2D eigenvalue weighted by Gasteiger charge is -2.31. The van der Waals surface area contributed by atoms with Gasteiger partial charge in [-0.1, -0.05) is 5.16 Å². The molecule has 0 radical (unpaired) electrons. The number of amides is 1. The van der Waals surface area contributed by atoms with Crippen LogP contribution in [0, 0.1) is 5.41 Å². The smallest absolute Gasteiger partial charge is 0.229 e. The highest BCUT2D eigenvalue weighted by molar-refractivity contribution is 6.19. The molecule has 1 aromatic heterocycles. The second kappa shape index (κ2) is 10.4. The van der Waals surface area contributed by atoms with E-state index in [1.807, 2.05) is 19.9 Å². The molecule has 0 saturated carbocycles. The molecule has 0 N–H and O–H groups in total. The zero-order valence-electron chi connectivity index (χ0n) is 19.3. The largest absolute Gasteiger partial charge is 0.493 e. The van der Waals surface area contributed by atoms with Crippen LogP contribution in [0.15, 0.2) is 22.7 Å². The van der Waals surface area contributed by atoms with Gasteiger partial charge in [-0.05, 0) is 38.8 Å². The van der Waals surface area contributed by atoms with Crippen LogP contribution >= 0.6 is 11.6 Å². The summed E-state index contributed by atoms with van der Waals surface area (Å²) in [5.74, 6) is 2.23. The van der Waals surface area contributed by atoms with Gasteiger partial charge in [0, 0.05) is 30.7 Å². The van der Waals surface area contributed by atoms with E-state index in [9.17, 15) is 4.79 Å². The molecule has 8 nitrogen and oxygen atoms in total. The van der Waals surface area contributed by atoms with Crippen molar-refractivity contribution >= 4 is 17.5 Å². The number of alkyl halides is 1. The highest BCUT2D eigenvalue weighted by Gasteiger charge is 2.34. The summed E-state index contributed by atoms with van der Waals surface area (Å²) in [5.41, 5.74) is 0.658. The van der Waals surface area contributed by atoms with Crippen molar-refractivity contribution in [1.29, 1.82) is 0 Å². The molecule has 32 heavy (non-hydrogen) atoms. The maximum Gasteiger partial charge on any atom is 0.229 e. The molecule has 0 spiro atoms. The minimum absolute atomic E-state index is 0.0200. The minimum atomic E-state index is -0.691. The molecule has 1 amide bonds. The van der Waals surface area contributed by atoms with E-state index in [0.29, 0.717) is 41.8 Å². The number of halogens is 1. The fraction of sp³-hybridized carbons (Fsp3) is 0.565. The number of ether oxygens (including phenoxy) is 4. The molecular formula is C23H31ClN2O6. The van der Waals surface area contributed by atoms with Crippen LogP contribution in [-0.4, -0.2) is 62.4 Å². The fourth-order valence-electron chi connectivity index (χ4n) is 3.68. The van der Waals surface area contributed by atoms with E-state index in [-0.39, 0.29) is 17.9 Å². The first-order chi connectivity index (χ1) is 15.3. The van der Waals surface area contributed by atoms with Gasteiger partial charge in [0.25, 0.3) is 0 Å². The molecule has 1 aromatic carbocycles. The minimum Gasteiger partial charge on any atom is -0.493 e. The summed E-state index contributed by atoms with van der Waals surface area (Å²) in [5, 5.41) is 4.20. The lowest BCUT2D eigenvalue weighted by Crippen LogP contribution is -2.44. The van der Waals surface area contributed by atoms with Crippen molar-refractivity contribution in [2.75, 3.05) is 40.4 Å². The quantitative estimate of drug-likeness (QED) is 0.486. The van der Waals surface area contributed by atoms with Gasteiger partial charge < -0.3 is 28.4 Å². The van der Waals surface area contributed by atoms with Gasteiger partial charge >= 0.3 is 0 Å². The van der Waals surface area contributed by atoms with Gasteiger partial charge in [0.15, 0.2) is 17.3 Å². The summed E-state index contributed by atoms with van der Waals surface area (Å²) < 4.78 is 27.6. The number of rotatable bonds is 10. The average molecular weight is 467 g/mol. The Kier molecular flexibility index (Phi) is 7.90. The zero-order valence-corrected chi connectivity index (χ0v) is 20.0. The number of aromatic nitrogens is 1. The Labute approximate surface area is 193 Å². The molecule has 1 saturated heterocycles. The Morgan fingerprint density at radius 1 is 1.19 bits per heavy atom. The monoisotopic (exact) mass is 466 g/mol. The van der Waals surface area contributed by atoms with Crippen molar-refractivity contribution in [3.63, 3.8) is 0 Å². The highest BCUT2D eigenvalue weighted by Crippen LogP contribution is 2.41. The van der Waals surface area contributed by atoms with E-state index >= 15 is 0 Å². The van der Waals surface area contributed by atoms with Gasteiger partial charge in [-0.2, -0.15) is 0 Å². The maximum absolute atomic E-state index is 13.2. The molecule has 1 aliphatic rings. The molecule has 0 bridgehead atoms. The standard InChI is InChI=1S/C23H31ClN2O6/c1-23(2,14-24)22(27)26(13-17-7-6-8-31-17)12-16-11-18(32-25-16)15-9-19(28-3)21(30-5)20(10-15)29-4/h9-11,17H,6-8,12-14H2,1-5H3/t17-/m0/s1. The van der Waals surface area contributed by atoms with Crippen LogP contribution in [0.25, 0.3) is 11.3 Å². The molecule has 0 aliphatic carbocycles. The van der Waals surface area contributed by atoms with Gasteiger partial charge in [0.1, 0.15) is 5.69 Å². The SMILES string of the molecule is COc1cc(-c2cc(CN(C[C@@H]3CCCO3)C(=O)C(C)(C)CCl)no2)cc(OC)c1OC. The molecule has 2 aromatic rings. The zero-order chi connectivity index (χ0) is 23.3. The second-order valence-corrected chi connectivity index (χ2v) is 8.70. The summed E-state index contributed by atoms with van der Waals surface area (Å²) >= 11 is 6.07. The average Bonchev–Trinajstić information content (AvgIpc) is 3.49. The third-order valence-electron chi connectivity index (χ3n) is 5.51. The Morgan fingerprint density at radius 3 is 2.41 bits per heavy atom. The number of nitrogens with zero attached hydrogens (tertiary/aromatic N) is 2. The van der Waals surface area contributed by atoms with Crippen LogP contribution in [0.2, 0.25) is 0 Å². The number of benzene rings is 1. The van der Waals surface area contributed by atoms with E-state index in [2.05, 4.69) is 5.16 Å². The first kappa shape index (κ1) is 24.2. The molecule has 1 fully saturated rings. The number of carbonyl (C=O) groups is 1. The molecule has 176 valence electrons. The van der Waals surface area contributed by atoms with Crippen molar-refractivity contribution in [2.45, 2.75) is 39.3 Å². The van der Waals surface area contributed by atoms with Crippen LogP contribution in [-0.2, 0) is 16.1 Å². The molecule has 3 rings (SSSR count). The predicted molar refractivity (Wildman–Crippen MR) is 120 cm³/mol. The van der Waals surface area contributed by atoms with Crippen LogP contribution < -0.4 is 14.2 Å². The summed E-state index contributed by atoms with van der Waals surface area (Å²) in [6.07, 6.45) is 1.95. The number of carbonyl (C=O) groups excluding carboxylic acids is 1. The highest BCUT2D eigenvalue weighted by atomic mass is 35.5. The van der Waals surface area contributed by atoms with Crippen molar-refractivity contribution in [1.82, 2.24) is 10.1 Å². The molecule has 9 heteroatoms. The summed E-state index contributed by atoms with van der Waals surface area (Å²) in [7, 11) is 4.66. The van der Waals surface area contributed by atoms with E-state index < -0.39 is 5.41 Å². The van der Waals surface area contributed by atoms with Gasteiger partial charge in [0.2, 0.25) is 11.7 Å². The first-order valence-corrected chi connectivity index (χ1v) is 11.1. The van der Waals surface area contributed by atoms with Crippen molar-refractivity contribution < 1.29 is 28.3 Å². The topological polar surface area (TPSA) is 83.3 Å². The molecular weight excluding hydrogens is 436 g/mol. The molecule has 2 heterocycles. The van der Waals surface area contributed by atoms with E-state index in [4.69, 9.17) is 35.1 Å². The van der Waals surface area contributed by atoms with E-state index in [1.54, 1.807) is 38.4 Å². The maximum atomic E-state index is 13.2. The number of hydrogen-bond donors (Lipinski definition) is 0. The normalized spacial score (nSPS) is 16.1. The lowest BCUT2D eigenvalue weighted by molar-refractivity contribution is -0.141. The Hall–Kier alpha value is -2.45. The lowest BCUT2D eigenvalue weighted by atomic mass is 9.94. The van der Waals surface area contributed by atoms with E-state index in [1.165, 1.54) is 0 Å². The van der Waals surface area contributed by atoms with Gasteiger partial charge in [-0.25, -0.2) is 0 Å². The first-order valence-electron chi connectivity index (χ1n) is 10.6. The van der Waals surface area contributed by atoms with Gasteiger partial charge in [-0.3, -0.25) is 4.79 Å². The third-order valence-corrected chi connectivity index (χ3v) is 6.18. The van der Waals surface area contributed by atoms with Gasteiger partial charge in [0.05, 0.1) is 39.4 Å². The molecule has 1 atom stereocenters. The van der Waals surface area contributed by atoms with Gasteiger partial charge in [-0.15, -0.1) is 11.6 Å². The third kappa shape index (κ3) is 5.30. The van der Waals surface area contributed by atoms with Crippen LogP contribution in [0.1, 0.15) is 32.4 Å². The Bertz CT molecular complexity index is 898. The molecule has 1 aliphatic heterocycles. The van der Waals surface area contributed by atoms with Crippen LogP contribution in [0.4, 0.5) is 0 Å². The van der Waals surface area contributed by atoms with E-state index in [0.717, 1.165) is 25.0 Å². The van der Waals surface area contributed by atoms with Crippen LogP contribution in [0.3, 0.4) is 0 Å². The second-order valence-electron chi connectivity index (χ2n) is 8.43. The fourth-order valence-corrected chi connectivity index (χ4v) is 3.79. The Morgan fingerprint density at radius 2 is 1.88 bits per heavy atom. The van der Waals surface area contributed by atoms with Crippen molar-refractivity contribution in [2.24, 2.45) is 5.41 Å². The molecule has 0 unspecified atom stereocenters. The van der Waals surface area contributed by atoms with Crippen LogP contribution in [0.5, 0.6) is 17.2 Å². The number of hydrogen-bond acceptors (Lipinski definition) is 7. The van der Waals surface area contributed by atoms with Crippen molar-refractivity contribution in [3.05, 3.63) is 23.9 Å². The number of methoxy groups -OCH3 is 3. The summed E-state index contributed by atoms with van der Waals surface area (Å²) in [4.78, 5) is 14.9. The predicted octanol–water partition coefficient (Wildman–Crippen LogP) is 4.14. The Balaban J connectivity index is 1.86. The van der Waals surface area contributed by atoms with Crippen molar-refractivity contribution in [3.8, 4) is 28.6 Å².